The van der Waals surface area contributed by atoms with Gasteiger partial charge in [0.15, 0.2) is 0 Å². The van der Waals surface area contributed by atoms with Crippen molar-refractivity contribution in [1.29, 1.82) is 0 Å². The third-order valence-electron chi connectivity index (χ3n) is 3.92. The van der Waals surface area contributed by atoms with Crippen molar-refractivity contribution >= 4 is 5.91 Å². The first-order valence-electron chi connectivity index (χ1n) is 6.80. The Morgan fingerprint density at radius 3 is 2.32 bits per heavy atom. The molecule has 1 aromatic carbocycles. The van der Waals surface area contributed by atoms with Crippen molar-refractivity contribution in [2.75, 3.05) is 13.2 Å². The molecule has 4 heteroatoms. The molecule has 0 aliphatic heterocycles. The molecule has 1 rings (SSSR count). The van der Waals surface area contributed by atoms with Crippen LogP contribution in [0.1, 0.15) is 38.3 Å². The van der Waals surface area contributed by atoms with Crippen LogP contribution in [0.25, 0.3) is 0 Å². The molecule has 0 bridgehead atoms. The second-order valence-electron chi connectivity index (χ2n) is 4.81. The Morgan fingerprint density at radius 2 is 1.89 bits per heavy atom. The number of hydrogen-bond donors (Lipinski definition) is 3. The topological polar surface area (TPSA) is 75.4 Å². The lowest BCUT2D eigenvalue weighted by Gasteiger charge is -2.30. The van der Waals surface area contributed by atoms with Gasteiger partial charge in [-0.25, -0.2) is 0 Å². The van der Waals surface area contributed by atoms with Crippen molar-refractivity contribution < 1.29 is 9.90 Å². The lowest BCUT2D eigenvalue weighted by atomic mass is 9.81. The average Bonchev–Trinajstić information content (AvgIpc) is 2.48. The molecular weight excluding hydrogens is 240 g/mol. The Bertz CT molecular complexity index is 380. The van der Waals surface area contributed by atoms with Crippen LogP contribution < -0.4 is 11.1 Å². The van der Waals surface area contributed by atoms with Crippen molar-refractivity contribution in [3.8, 4) is 0 Å². The molecule has 0 saturated heterocycles. The summed E-state index contributed by atoms with van der Waals surface area (Å²) in [5.74, 6) is -0.0806. The van der Waals surface area contributed by atoms with E-state index in [2.05, 4.69) is 5.32 Å². The Labute approximate surface area is 115 Å². The van der Waals surface area contributed by atoms with Gasteiger partial charge in [0.25, 0.3) is 0 Å². The summed E-state index contributed by atoms with van der Waals surface area (Å²) >= 11 is 0. The van der Waals surface area contributed by atoms with Gasteiger partial charge in [-0.15, -0.1) is 0 Å². The second-order valence-corrected chi connectivity index (χ2v) is 4.81. The zero-order chi connectivity index (χ0) is 14.3. The van der Waals surface area contributed by atoms with Crippen LogP contribution in [-0.4, -0.2) is 24.2 Å². The summed E-state index contributed by atoms with van der Waals surface area (Å²) in [5, 5.41) is 12.4. The van der Waals surface area contributed by atoms with Crippen LogP contribution in [0.15, 0.2) is 30.3 Å². The number of benzene rings is 1. The fraction of sp³-hybridized carbons (Fsp3) is 0.533. The van der Waals surface area contributed by atoms with Crippen LogP contribution in [0.3, 0.4) is 0 Å². The zero-order valence-electron chi connectivity index (χ0n) is 11.7. The lowest BCUT2D eigenvalue weighted by Crippen LogP contribution is -2.47. The highest BCUT2D eigenvalue weighted by Crippen LogP contribution is 2.26. The van der Waals surface area contributed by atoms with E-state index in [-0.39, 0.29) is 18.6 Å². The maximum Gasteiger partial charge on any atom is 0.228 e. The van der Waals surface area contributed by atoms with E-state index in [1.807, 2.05) is 44.2 Å². The minimum Gasteiger partial charge on any atom is -0.394 e. The fourth-order valence-corrected chi connectivity index (χ4v) is 2.18. The highest BCUT2D eigenvalue weighted by molar-refractivity contribution is 5.83. The van der Waals surface area contributed by atoms with Gasteiger partial charge in [0.1, 0.15) is 0 Å². The Hall–Kier alpha value is -1.39. The van der Waals surface area contributed by atoms with E-state index in [4.69, 9.17) is 5.73 Å². The van der Waals surface area contributed by atoms with Crippen molar-refractivity contribution in [1.82, 2.24) is 5.32 Å². The third-order valence-corrected chi connectivity index (χ3v) is 3.92. The summed E-state index contributed by atoms with van der Waals surface area (Å²) in [6, 6.07) is 9.09. The summed E-state index contributed by atoms with van der Waals surface area (Å²) in [4.78, 5) is 12.4. The Balaban J connectivity index is 2.84. The van der Waals surface area contributed by atoms with Crippen LogP contribution in [0.5, 0.6) is 0 Å². The van der Waals surface area contributed by atoms with E-state index in [1.54, 1.807) is 0 Å². The first kappa shape index (κ1) is 15.7. The molecule has 0 spiro atoms. The number of carbonyl (C=O) groups excluding carboxylic acids is 1. The predicted octanol–water partition coefficient (Wildman–Crippen LogP) is 1.60. The maximum atomic E-state index is 12.4. The molecule has 0 aromatic heterocycles. The first-order valence-corrected chi connectivity index (χ1v) is 6.80. The Kier molecular flexibility index (Phi) is 5.99. The zero-order valence-corrected chi connectivity index (χ0v) is 11.7. The quantitative estimate of drug-likeness (QED) is 0.700. The van der Waals surface area contributed by atoms with Crippen molar-refractivity contribution in [3.63, 3.8) is 0 Å². The second kappa shape index (κ2) is 7.26. The number of nitrogens with one attached hydrogen (secondary N) is 1. The normalized spacial score (nSPS) is 13.1. The standard InChI is InChI=1S/C15H24N2O2/c1-3-15(4-2,11-16)14(19)17-13(10-18)12-8-6-5-7-9-12/h5-9,13,18H,3-4,10-11,16H2,1-2H3,(H,17,19)/t13-/m1/s1. The molecule has 0 unspecified atom stereocenters. The van der Waals surface area contributed by atoms with E-state index < -0.39 is 5.41 Å². The van der Waals surface area contributed by atoms with E-state index in [0.717, 1.165) is 5.56 Å². The van der Waals surface area contributed by atoms with Gasteiger partial charge in [0.2, 0.25) is 5.91 Å². The molecule has 0 heterocycles. The maximum absolute atomic E-state index is 12.4. The molecular formula is C15H24N2O2. The van der Waals surface area contributed by atoms with Crippen LogP contribution in [0.4, 0.5) is 0 Å². The van der Waals surface area contributed by atoms with Crippen LogP contribution in [0.2, 0.25) is 0 Å². The number of carbonyl (C=O) groups is 1. The minimum atomic E-state index is -0.539. The van der Waals surface area contributed by atoms with Crippen LogP contribution >= 0.6 is 0 Å². The summed E-state index contributed by atoms with van der Waals surface area (Å²) in [6.07, 6.45) is 1.39. The summed E-state index contributed by atoms with van der Waals surface area (Å²) < 4.78 is 0. The molecule has 4 N–H and O–H groups in total. The van der Waals surface area contributed by atoms with E-state index >= 15 is 0 Å². The van der Waals surface area contributed by atoms with Crippen molar-refractivity contribution in [2.45, 2.75) is 32.7 Å². The molecule has 0 aliphatic carbocycles. The minimum absolute atomic E-state index is 0.0806. The molecule has 1 amide bonds. The highest BCUT2D eigenvalue weighted by atomic mass is 16.3. The number of rotatable bonds is 7. The fourth-order valence-electron chi connectivity index (χ4n) is 2.18. The van der Waals surface area contributed by atoms with E-state index in [1.165, 1.54) is 0 Å². The Morgan fingerprint density at radius 1 is 1.32 bits per heavy atom. The SMILES string of the molecule is CCC(CC)(CN)C(=O)N[C@H](CO)c1ccccc1. The number of aliphatic hydroxyl groups excluding tert-OH is 1. The molecule has 4 nitrogen and oxygen atoms in total. The summed E-state index contributed by atoms with van der Waals surface area (Å²) in [5.41, 5.74) is 6.12. The summed E-state index contributed by atoms with van der Waals surface area (Å²) in [7, 11) is 0. The molecule has 1 atom stereocenters. The van der Waals surface area contributed by atoms with Crippen molar-refractivity contribution in [2.24, 2.45) is 11.1 Å². The van der Waals surface area contributed by atoms with Gasteiger partial charge in [0.05, 0.1) is 18.1 Å². The molecule has 1 aromatic rings. The van der Waals surface area contributed by atoms with Gasteiger partial charge in [-0.3, -0.25) is 4.79 Å². The van der Waals surface area contributed by atoms with Gasteiger partial charge >= 0.3 is 0 Å². The number of amides is 1. The largest absolute Gasteiger partial charge is 0.394 e. The number of nitrogens with two attached hydrogens (primary N) is 1. The molecule has 106 valence electrons. The molecule has 0 radical (unpaired) electrons. The first-order chi connectivity index (χ1) is 9.13. The van der Waals surface area contributed by atoms with Gasteiger partial charge < -0.3 is 16.2 Å². The van der Waals surface area contributed by atoms with Crippen molar-refractivity contribution in [3.05, 3.63) is 35.9 Å². The number of hydrogen-bond acceptors (Lipinski definition) is 3. The smallest absolute Gasteiger partial charge is 0.228 e. The average molecular weight is 264 g/mol. The predicted molar refractivity (Wildman–Crippen MR) is 76.5 cm³/mol. The van der Waals surface area contributed by atoms with Gasteiger partial charge in [-0.05, 0) is 18.4 Å². The van der Waals surface area contributed by atoms with E-state index in [9.17, 15) is 9.90 Å². The van der Waals surface area contributed by atoms with Crippen LogP contribution in [0, 0.1) is 5.41 Å². The van der Waals surface area contributed by atoms with Gasteiger partial charge in [0, 0.05) is 6.54 Å². The molecule has 0 aliphatic rings. The van der Waals surface area contributed by atoms with E-state index in [0.29, 0.717) is 19.4 Å². The van der Waals surface area contributed by atoms with Gasteiger partial charge in [-0.2, -0.15) is 0 Å². The summed E-state index contributed by atoms with van der Waals surface area (Å²) in [6.45, 7) is 4.13. The van der Waals surface area contributed by atoms with Gasteiger partial charge in [-0.1, -0.05) is 44.2 Å². The highest BCUT2D eigenvalue weighted by Gasteiger charge is 2.34. The number of aliphatic hydroxyl groups is 1. The molecule has 0 fully saturated rings. The monoisotopic (exact) mass is 264 g/mol. The third kappa shape index (κ3) is 3.55. The molecule has 19 heavy (non-hydrogen) atoms. The molecule has 0 saturated carbocycles. The van der Waals surface area contributed by atoms with Crippen LogP contribution in [-0.2, 0) is 4.79 Å². The lowest BCUT2D eigenvalue weighted by molar-refractivity contribution is -0.132.